The number of benzene rings is 2. The lowest BCUT2D eigenvalue weighted by atomic mass is 10.2. The molecule has 7 nitrogen and oxygen atoms in total. The van der Waals surface area contributed by atoms with Crippen molar-refractivity contribution in [1.29, 1.82) is 0 Å². The van der Waals surface area contributed by atoms with Crippen molar-refractivity contribution in [2.24, 2.45) is 0 Å². The van der Waals surface area contributed by atoms with E-state index >= 15 is 0 Å². The summed E-state index contributed by atoms with van der Waals surface area (Å²) in [7, 11) is 0. The number of carbonyl (C=O) groups is 2. The summed E-state index contributed by atoms with van der Waals surface area (Å²) >= 11 is 5.92. The third-order valence-corrected chi connectivity index (χ3v) is 3.11. The Kier molecular flexibility index (Phi) is 4.92. The Morgan fingerprint density at radius 2 is 1.91 bits per heavy atom. The Balaban J connectivity index is 2.26. The highest BCUT2D eigenvalue weighted by Gasteiger charge is 2.16. The summed E-state index contributed by atoms with van der Waals surface area (Å²) in [5, 5.41) is 13.2. The van der Waals surface area contributed by atoms with Crippen LogP contribution < -0.4 is 10.1 Å². The number of para-hydroxylation sites is 1. The Morgan fingerprint density at radius 1 is 1.22 bits per heavy atom. The maximum Gasteiger partial charge on any atom is 0.308 e. The average Bonchev–Trinajstić information content (AvgIpc) is 2.49. The first-order valence-electron chi connectivity index (χ1n) is 6.41. The normalized spacial score (nSPS) is 10.0. The van der Waals surface area contributed by atoms with Gasteiger partial charge in [0, 0.05) is 19.1 Å². The van der Waals surface area contributed by atoms with Gasteiger partial charge in [0.25, 0.3) is 11.6 Å². The molecule has 0 aliphatic carbocycles. The fourth-order valence-electron chi connectivity index (χ4n) is 1.81. The van der Waals surface area contributed by atoms with Crippen LogP contribution in [0, 0.1) is 10.1 Å². The third-order valence-electron chi connectivity index (χ3n) is 2.80. The molecule has 0 aliphatic heterocycles. The van der Waals surface area contributed by atoms with E-state index in [1.165, 1.54) is 31.2 Å². The summed E-state index contributed by atoms with van der Waals surface area (Å²) in [5.41, 5.74) is 0.158. The van der Waals surface area contributed by atoms with Crippen LogP contribution in [0.1, 0.15) is 17.3 Å². The van der Waals surface area contributed by atoms with E-state index in [0.717, 1.165) is 6.07 Å². The number of nitro groups is 1. The van der Waals surface area contributed by atoms with Crippen LogP contribution in [0.15, 0.2) is 42.5 Å². The first kappa shape index (κ1) is 16.4. The van der Waals surface area contributed by atoms with Gasteiger partial charge in [-0.05, 0) is 18.2 Å². The molecule has 2 aromatic rings. The molecule has 0 aromatic heterocycles. The van der Waals surface area contributed by atoms with Crippen molar-refractivity contribution < 1.29 is 19.2 Å². The van der Waals surface area contributed by atoms with Gasteiger partial charge in [0.1, 0.15) is 5.75 Å². The highest BCUT2D eigenvalue weighted by atomic mass is 35.5. The minimum absolute atomic E-state index is 0.0255. The maximum absolute atomic E-state index is 12.3. The number of nitro benzene ring substituents is 1. The van der Waals surface area contributed by atoms with Gasteiger partial charge in [-0.25, -0.2) is 0 Å². The molecule has 8 heteroatoms. The lowest BCUT2D eigenvalue weighted by Crippen LogP contribution is -2.15. The number of rotatable bonds is 4. The maximum atomic E-state index is 12.3. The number of halogens is 1. The molecule has 0 saturated carbocycles. The van der Waals surface area contributed by atoms with Gasteiger partial charge in [0.2, 0.25) is 0 Å². The monoisotopic (exact) mass is 334 g/mol. The predicted molar refractivity (Wildman–Crippen MR) is 83.8 cm³/mol. The molecular formula is C15H11ClN2O5. The van der Waals surface area contributed by atoms with E-state index in [1.807, 2.05) is 0 Å². The van der Waals surface area contributed by atoms with Crippen molar-refractivity contribution in [3.8, 4) is 5.75 Å². The molecule has 0 heterocycles. The molecule has 0 unspecified atom stereocenters. The lowest BCUT2D eigenvalue weighted by molar-refractivity contribution is -0.384. The first-order chi connectivity index (χ1) is 10.9. The van der Waals surface area contributed by atoms with Crippen LogP contribution in [0.5, 0.6) is 5.75 Å². The van der Waals surface area contributed by atoms with E-state index in [4.69, 9.17) is 16.3 Å². The van der Waals surface area contributed by atoms with Gasteiger partial charge >= 0.3 is 5.97 Å². The third kappa shape index (κ3) is 4.04. The molecule has 0 atom stereocenters. The lowest BCUT2D eigenvalue weighted by Gasteiger charge is -2.10. The number of amides is 1. The number of nitrogens with one attached hydrogen (secondary N) is 1. The van der Waals surface area contributed by atoms with Gasteiger partial charge in [-0.15, -0.1) is 0 Å². The van der Waals surface area contributed by atoms with Crippen molar-refractivity contribution in [1.82, 2.24) is 0 Å². The standard InChI is InChI=1S/C15H11ClN2O5/c1-9(19)23-14-5-3-2-4-11(14)15(20)17-13-7-6-10(18(21)22)8-12(13)16/h2-8H,1H3,(H,17,20). The zero-order chi connectivity index (χ0) is 17.0. The van der Waals surface area contributed by atoms with E-state index in [1.54, 1.807) is 12.1 Å². The number of hydrogen-bond donors (Lipinski definition) is 1. The number of esters is 1. The number of nitrogens with zero attached hydrogens (tertiary/aromatic N) is 1. The van der Waals surface area contributed by atoms with Gasteiger partial charge in [-0.3, -0.25) is 19.7 Å². The fraction of sp³-hybridized carbons (Fsp3) is 0.0667. The first-order valence-corrected chi connectivity index (χ1v) is 6.79. The Hall–Kier alpha value is -2.93. The highest BCUT2D eigenvalue weighted by Crippen LogP contribution is 2.28. The topological polar surface area (TPSA) is 98.5 Å². The predicted octanol–water partition coefficient (Wildman–Crippen LogP) is 3.43. The van der Waals surface area contributed by atoms with Crippen molar-refractivity contribution in [3.05, 3.63) is 63.2 Å². The van der Waals surface area contributed by atoms with Crippen LogP contribution in [0.4, 0.5) is 11.4 Å². The van der Waals surface area contributed by atoms with Crippen LogP contribution >= 0.6 is 11.6 Å². The van der Waals surface area contributed by atoms with E-state index in [0.29, 0.717) is 0 Å². The van der Waals surface area contributed by atoms with Crippen LogP contribution in [0.2, 0.25) is 5.02 Å². The van der Waals surface area contributed by atoms with Gasteiger partial charge in [0.15, 0.2) is 0 Å². The number of ether oxygens (including phenoxy) is 1. The molecule has 1 amide bonds. The molecule has 23 heavy (non-hydrogen) atoms. The molecule has 2 aromatic carbocycles. The number of anilines is 1. The molecule has 0 radical (unpaired) electrons. The Bertz CT molecular complexity index is 791. The SMILES string of the molecule is CC(=O)Oc1ccccc1C(=O)Nc1ccc([N+](=O)[O-])cc1Cl. The van der Waals surface area contributed by atoms with Crippen LogP contribution in [-0.2, 0) is 4.79 Å². The van der Waals surface area contributed by atoms with E-state index in [-0.39, 0.29) is 27.7 Å². The second-order valence-electron chi connectivity index (χ2n) is 4.47. The molecule has 0 aliphatic rings. The Morgan fingerprint density at radius 3 is 2.52 bits per heavy atom. The van der Waals surface area contributed by atoms with Gasteiger partial charge < -0.3 is 10.1 Å². The van der Waals surface area contributed by atoms with Gasteiger partial charge in [-0.1, -0.05) is 23.7 Å². The van der Waals surface area contributed by atoms with Gasteiger partial charge in [-0.2, -0.15) is 0 Å². The van der Waals surface area contributed by atoms with Crippen LogP contribution in [-0.4, -0.2) is 16.8 Å². The summed E-state index contributed by atoms with van der Waals surface area (Å²) < 4.78 is 4.96. The van der Waals surface area contributed by atoms with Crippen molar-refractivity contribution in [3.63, 3.8) is 0 Å². The second kappa shape index (κ2) is 6.89. The number of carbonyl (C=O) groups excluding carboxylic acids is 2. The number of hydrogen-bond acceptors (Lipinski definition) is 5. The zero-order valence-corrected chi connectivity index (χ0v) is 12.7. The minimum Gasteiger partial charge on any atom is -0.426 e. The summed E-state index contributed by atoms with van der Waals surface area (Å²) in [5.74, 6) is -1.01. The van der Waals surface area contributed by atoms with Crippen molar-refractivity contribution in [2.75, 3.05) is 5.32 Å². The second-order valence-corrected chi connectivity index (χ2v) is 4.87. The fourth-order valence-corrected chi connectivity index (χ4v) is 2.03. The van der Waals surface area contributed by atoms with Crippen LogP contribution in [0.25, 0.3) is 0 Å². The zero-order valence-electron chi connectivity index (χ0n) is 11.9. The number of non-ortho nitro benzene ring substituents is 1. The molecule has 0 fully saturated rings. The minimum atomic E-state index is -0.590. The quantitative estimate of drug-likeness (QED) is 0.400. The smallest absolute Gasteiger partial charge is 0.308 e. The van der Waals surface area contributed by atoms with E-state index in [2.05, 4.69) is 5.32 Å². The van der Waals surface area contributed by atoms with Gasteiger partial charge in [0.05, 0.1) is 21.2 Å². The average molecular weight is 335 g/mol. The Labute approximate surface area is 136 Å². The summed E-state index contributed by atoms with van der Waals surface area (Å²) in [4.78, 5) is 33.4. The molecular weight excluding hydrogens is 324 g/mol. The molecule has 0 bridgehead atoms. The van der Waals surface area contributed by atoms with E-state index < -0.39 is 16.8 Å². The summed E-state index contributed by atoms with van der Waals surface area (Å²) in [6.07, 6.45) is 0. The van der Waals surface area contributed by atoms with Crippen LogP contribution in [0.3, 0.4) is 0 Å². The highest BCUT2D eigenvalue weighted by molar-refractivity contribution is 6.34. The molecule has 0 spiro atoms. The summed E-state index contributed by atoms with van der Waals surface area (Å²) in [6, 6.07) is 9.87. The molecule has 2 rings (SSSR count). The van der Waals surface area contributed by atoms with E-state index in [9.17, 15) is 19.7 Å². The molecule has 0 saturated heterocycles. The van der Waals surface area contributed by atoms with Crippen molar-refractivity contribution in [2.45, 2.75) is 6.92 Å². The largest absolute Gasteiger partial charge is 0.426 e. The molecule has 118 valence electrons. The molecule has 1 N–H and O–H groups in total. The van der Waals surface area contributed by atoms with Crippen molar-refractivity contribution >= 4 is 34.9 Å². The summed E-state index contributed by atoms with van der Waals surface area (Å²) in [6.45, 7) is 1.22.